The average Bonchev–Trinajstić information content (AvgIpc) is 2.70. The summed E-state index contributed by atoms with van der Waals surface area (Å²) in [6, 6.07) is 8.87. The Bertz CT molecular complexity index is 888. The number of benzene rings is 2. The summed E-state index contributed by atoms with van der Waals surface area (Å²) < 4.78 is 16.2. The van der Waals surface area contributed by atoms with E-state index in [1.54, 1.807) is 45.6 Å². The van der Waals surface area contributed by atoms with E-state index in [2.05, 4.69) is 0 Å². The van der Waals surface area contributed by atoms with Crippen LogP contribution in [0.5, 0.6) is 17.2 Å². The molecule has 0 heterocycles. The van der Waals surface area contributed by atoms with Crippen LogP contribution in [0.4, 0.5) is 11.4 Å². The van der Waals surface area contributed by atoms with Crippen LogP contribution >= 0.6 is 0 Å². The average molecular weight is 384 g/mol. The summed E-state index contributed by atoms with van der Waals surface area (Å²) in [4.78, 5) is 15.0. The molecule has 0 fully saturated rings. The molecule has 0 aliphatic rings. The summed E-state index contributed by atoms with van der Waals surface area (Å²) in [5.74, 6) is 1.68. The lowest BCUT2D eigenvalue weighted by Crippen LogP contribution is -2.13. The van der Waals surface area contributed by atoms with Crippen LogP contribution in [0, 0.1) is 0 Å². The summed E-state index contributed by atoms with van der Waals surface area (Å²) in [6.07, 6.45) is 2.40. The highest BCUT2D eigenvalue weighted by Crippen LogP contribution is 2.36. The van der Waals surface area contributed by atoms with E-state index >= 15 is 0 Å². The van der Waals surface area contributed by atoms with Crippen molar-refractivity contribution in [3.63, 3.8) is 0 Å². The molecule has 0 saturated heterocycles. The lowest BCUT2D eigenvalue weighted by Gasteiger charge is -2.17. The topological polar surface area (TPSA) is 74.0 Å². The first-order valence-corrected chi connectivity index (χ1v) is 8.98. The van der Waals surface area contributed by atoms with E-state index in [1.165, 1.54) is 0 Å². The molecule has 150 valence electrons. The number of methoxy groups -OCH3 is 3. The van der Waals surface area contributed by atoms with Crippen molar-refractivity contribution in [2.75, 3.05) is 46.1 Å². The van der Waals surface area contributed by atoms with Crippen LogP contribution in [-0.4, -0.2) is 41.2 Å². The molecule has 0 bridgehead atoms. The van der Waals surface area contributed by atoms with Gasteiger partial charge in [-0.2, -0.15) is 0 Å². The fourth-order valence-electron chi connectivity index (χ4n) is 2.94. The summed E-state index contributed by atoms with van der Waals surface area (Å²) in [7, 11) is 8.50. The fourth-order valence-corrected chi connectivity index (χ4v) is 2.94. The van der Waals surface area contributed by atoms with Crippen molar-refractivity contribution in [1.82, 2.24) is 0 Å². The van der Waals surface area contributed by atoms with E-state index in [-0.39, 0.29) is 5.78 Å². The number of nitrogen functional groups attached to an aromatic ring is 1. The lowest BCUT2D eigenvalue weighted by molar-refractivity contribution is 0.103. The molecular weight excluding hydrogens is 356 g/mol. The minimum atomic E-state index is -0.0533. The predicted molar refractivity (Wildman–Crippen MR) is 114 cm³/mol. The van der Waals surface area contributed by atoms with Gasteiger partial charge in [0, 0.05) is 36.9 Å². The van der Waals surface area contributed by atoms with Gasteiger partial charge < -0.3 is 24.8 Å². The van der Waals surface area contributed by atoms with Crippen molar-refractivity contribution in [2.24, 2.45) is 0 Å². The van der Waals surface area contributed by atoms with E-state index in [0.29, 0.717) is 40.5 Å². The maximum Gasteiger partial charge on any atom is 0.189 e. The third-order valence-electron chi connectivity index (χ3n) is 4.51. The standard InChI is InChI=1S/C22H28N2O4/c1-7-14(22(25)15-8-9-17(23)18(11-15)24(2)3)10-16-12-20(27-5)21(28-6)13-19(16)26-4/h8-13H,7,23H2,1-6H3/b14-10+. The molecule has 2 rings (SSSR count). The number of ether oxygens (including phenoxy) is 3. The molecule has 2 aromatic carbocycles. The summed E-state index contributed by atoms with van der Waals surface area (Å²) >= 11 is 0. The van der Waals surface area contributed by atoms with Crippen LogP contribution in [0.15, 0.2) is 35.9 Å². The Morgan fingerprint density at radius 2 is 1.61 bits per heavy atom. The molecule has 2 aromatic rings. The van der Waals surface area contributed by atoms with E-state index in [0.717, 1.165) is 11.3 Å². The number of carbonyl (C=O) groups excluding carboxylic acids is 1. The number of allylic oxidation sites excluding steroid dienone is 1. The number of rotatable bonds is 8. The molecule has 0 aliphatic carbocycles. The van der Waals surface area contributed by atoms with Crippen LogP contribution < -0.4 is 24.8 Å². The first-order chi connectivity index (χ1) is 13.4. The maximum atomic E-state index is 13.1. The number of nitrogens with zero attached hydrogens (tertiary/aromatic N) is 1. The van der Waals surface area contributed by atoms with Gasteiger partial charge in [-0.3, -0.25) is 4.79 Å². The second-order valence-electron chi connectivity index (χ2n) is 6.47. The first kappa shape index (κ1) is 21.2. The minimum absolute atomic E-state index is 0.0533. The van der Waals surface area contributed by atoms with Crippen molar-refractivity contribution in [3.05, 3.63) is 47.0 Å². The number of hydrogen-bond acceptors (Lipinski definition) is 6. The van der Waals surface area contributed by atoms with Crippen LogP contribution in [-0.2, 0) is 0 Å². The zero-order valence-corrected chi connectivity index (χ0v) is 17.3. The number of nitrogens with two attached hydrogens (primary N) is 1. The Balaban J connectivity index is 2.51. The van der Waals surface area contributed by atoms with Crippen molar-refractivity contribution in [1.29, 1.82) is 0 Å². The number of ketones is 1. The van der Waals surface area contributed by atoms with E-state index < -0.39 is 0 Å². The molecule has 2 N–H and O–H groups in total. The summed E-state index contributed by atoms with van der Waals surface area (Å²) in [5.41, 5.74) is 9.44. The number of hydrogen-bond donors (Lipinski definition) is 1. The zero-order chi connectivity index (χ0) is 20.8. The van der Waals surface area contributed by atoms with E-state index in [1.807, 2.05) is 38.1 Å². The Labute approximate surface area is 166 Å². The van der Waals surface area contributed by atoms with E-state index in [4.69, 9.17) is 19.9 Å². The van der Waals surface area contributed by atoms with Gasteiger partial charge in [0.05, 0.1) is 32.7 Å². The van der Waals surface area contributed by atoms with Crippen molar-refractivity contribution in [3.8, 4) is 17.2 Å². The third-order valence-corrected chi connectivity index (χ3v) is 4.51. The van der Waals surface area contributed by atoms with Gasteiger partial charge in [-0.1, -0.05) is 6.92 Å². The lowest BCUT2D eigenvalue weighted by atomic mass is 9.97. The SMILES string of the molecule is CC/C(=C\c1cc(OC)c(OC)cc1OC)C(=O)c1ccc(N)c(N(C)C)c1. The largest absolute Gasteiger partial charge is 0.496 e. The van der Waals surface area contributed by atoms with Crippen LogP contribution in [0.3, 0.4) is 0 Å². The van der Waals surface area contributed by atoms with Gasteiger partial charge in [0.25, 0.3) is 0 Å². The summed E-state index contributed by atoms with van der Waals surface area (Å²) in [5, 5.41) is 0. The molecule has 0 unspecified atom stereocenters. The molecule has 0 saturated carbocycles. The molecule has 6 nitrogen and oxygen atoms in total. The Morgan fingerprint density at radius 1 is 1.00 bits per heavy atom. The quantitative estimate of drug-likeness (QED) is 0.421. The fraction of sp³-hybridized carbons (Fsp3) is 0.318. The second-order valence-corrected chi connectivity index (χ2v) is 6.47. The van der Waals surface area contributed by atoms with Gasteiger partial charge in [-0.05, 0) is 36.8 Å². The van der Waals surface area contributed by atoms with Gasteiger partial charge in [0.15, 0.2) is 17.3 Å². The van der Waals surface area contributed by atoms with Crippen molar-refractivity contribution >= 4 is 23.2 Å². The highest BCUT2D eigenvalue weighted by molar-refractivity contribution is 6.12. The maximum absolute atomic E-state index is 13.1. The van der Waals surface area contributed by atoms with Gasteiger partial charge in [-0.15, -0.1) is 0 Å². The molecule has 6 heteroatoms. The minimum Gasteiger partial charge on any atom is -0.496 e. The smallest absolute Gasteiger partial charge is 0.189 e. The van der Waals surface area contributed by atoms with Gasteiger partial charge >= 0.3 is 0 Å². The Morgan fingerprint density at radius 3 is 2.14 bits per heavy atom. The Hall–Kier alpha value is -3.15. The zero-order valence-electron chi connectivity index (χ0n) is 17.3. The van der Waals surface area contributed by atoms with Crippen molar-refractivity contribution in [2.45, 2.75) is 13.3 Å². The molecule has 0 aromatic heterocycles. The van der Waals surface area contributed by atoms with Crippen LogP contribution in [0.1, 0.15) is 29.3 Å². The molecule has 28 heavy (non-hydrogen) atoms. The predicted octanol–water partition coefficient (Wildman–Crippen LogP) is 4.04. The molecular formula is C22H28N2O4. The van der Waals surface area contributed by atoms with Crippen LogP contribution in [0.25, 0.3) is 6.08 Å². The van der Waals surface area contributed by atoms with Crippen LogP contribution in [0.2, 0.25) is 0 Å². The van der Waals surface area contributed by atoms with E-state index in [9.17, 15) is 4.79 Å². The second kappa shape index (κ2) is 9.17. The normalized spacial score (nSPS) is 11.1. The first-order valence-electron chi connectivity index (χ1n) is 8.98. The van der Waals surface area contributed by atoms with Crippen molar-refractivity contribution < 1.29 is 19.0 Å². The highest BCUT2D eigenvalue weighted by Gasteiger charge is 2.16. The number of carbonyl (C=O) groups is 1. The molecule has 0 spiro atoms. The monoisotopic (exact) mass is 384 g/mol. The number of Topliss-reactive ketones (excluding diaryl/α,β-unsaturated/α-hetero) is 1. The molecule has 0 atom stereocenters. The molecule has 0 radical (unpaired) electrons. The third kappa shape index (κ3) is 4.39. The van der Waals surface area contributed by atoms with Gasteiger partial charge in [-0.25, -0.2) is 0 Å². The Kier molecular flexibility index (Phi) is 6.93. The molecule has 0 amide bonds. The highest BCUT2D eigenvalue weighted by atomic mass is 16.5. The van der Waals surface area contributed by atoms with Gasteiger partial charge in [0.1, 0.15) is 5.75 Å². The number of anilines is 2. The van der Waals surface area contributed by atoms with Gasteiger partial charge in [0.2, 0.25) is 0 Å². The summed E-state index contributed by atoms with van der Waals surface area (Å²) in [6.45, 7) is 1.95. The molecule has 0 aliphatic heterocycles.